The van der Waals surface area contributed by atoms with Crippen molar-refractivity contribution in [3.63, 3.8) is 0 Å². The molecule has 4 nitrogen and oxygen atoms in total. The minimum atomic E-state index is -0.241. The Hall–Kier alpha value is -0.160. The van der Waals surface area contributed by atoms with Gasteiger partial charge in [-0.25, -0.2) is 0 Å². The number of hydrogen-bond acceptors (Lipinski definition) is 4. The number of likely N-dealkylation sites (N-methyl/N-ethyl adjacent to an activating group) is 1. The maximum Gasteiger partial charge on any atom is 0.0830 e. The zero-order valence-electron chi connectivity index (χ0n) is 12.9. The highest BCUT2D eigenvalue weighted by Crippen LogP contribution is 2.47. The highest BCUT2D eigenvalue weighted by atomic mass is 16.5. The van der Waals surface area contributed by atoms with Crippen LogP contribution < -0.4 is 5.73 Å². The van der Waals surface area contributed by atoms with E-state index in [0.29, 0.717) is 6.54 Å². The molecule has 1 aliphatic rings. The number of rotatable bonds is 6. The van der Waals surface area contributed by atoms with Crippen LogP contribution in [0.1, 0.15) is 41.0 Å². The van der Waals surface area contributed by atoms with Gasteiger partial charge in [0.15, 0.2) is 0 Å². The predicted molar refractivity (Wildman–Crippen MR) is 74.8 cm³/mol. The zero-order chi connectivity index (χ0) is 14.0. The Balaban J connectivity index is 3.02. The molecule has 1 unspecified atom stereocenters. The minimum absolute atomic E-state index is 0.107. The first-order valence-electron chi connectivity index (χ1n) is 6.89. The van der Waals surface area contributed by atoms with Crippen LogP contribution in [0.25, 0.3) is 0 Å². The van der Waals surface area contributed by atoms with Crippen molar-refractivity contribution in [2.45, 2.75) is 57.8 Å². The third-order valence-electron chi connectivity index (χ3n) is 4.26. The van der Waals surface area contributed by atoms with E-state index in [2.05, 4.69) is 39.5 Å². The fraction of sp³-hybridized carbons (Fsp3) is 1.00. The second-order valence-corrected chi connectivity index (χ2v) is 6.36. The average molecular weight is 258 g/mol. The van der Waals surface area contributed by atoms with Gasteiger partial charge in [0.2, 0.25) is 0 Å². The fourth-order valence-corrected chi connectivity index (χ4v) is 3.55. The van der Waals surface area contributed by atoms with Gasteiger partial charge in [0.1, 0.15) is 0 Å². The summed E-state index contributed by atoms with van der Waals surface area (Å²) in [6.07, 6.45) is 0.959. The number of nitrogens with two attached hydrogens (primary N) is 1. The van der Waals surface area contributed by atoms with Gasteiger partial charge in [-0.15, -0.1) is 0 Å². The highest BCUT2D eigenvalue weighted by Gasteiger charge is 2.58. The van der Waals surface area contributed by atoms with Gasteiger partial charge in [-0.2, -0.15) is 0 Å². The lowest BCUT2D eigenvalue weighted by Crippen LogP contribution is -2.64. The van der Waals surface area contributed by atoms with Crippen LogP contribution in [0.4, 0.5) is 0 Å². The van der Waals surface area contributed by atoms with Crippen molar-refractivity contribution < 1.29 is 9.47 Å². The van der Waals surface area contributed by atoms with Gasteiger partial charge >= 0.3 is 0 Å². The molecule has 0 saturated carbocycles. The Kier molecular flexibility index (Phi) is 4.81. The minimum Gasteiger partial charge on any atom is -0.383 e. The molecule has 108 valence electrons. The SMILES string of the molecule is CCN(CCOC)C1(CN)CC(C)(C)OC1(C)C. The predicted octanol–water partition coefficient (Wildman–Crippen LogP) is 1.63. The molecule has 0 amide bonds. The van der Waals surface area contributed by atoms with Crippen LogP contribution in [0.5, 0.6) is 0 Å². The summed E-state index contributed by atoms with van der Waals surface area (Å²) in [5.41, 5.74) is 5.68. The topological polar surface area (TPSA) is 47.7 Å². The van der Waals surface area contributed by atoms with Crippen molar-refractivity contribution in [1.29, 1.82) is 0 Å². The maximum atomic E-state index is 6.24. The summed E-state index contributed by atoms with van der Waals surface area (Å²) < 4.78 is 11.5. The largest absolute Gasteiger partial charge is 0.383 e. The van der Waals surface area contributed by atoms with Gasteiger partial charge in [0.25, 0.3) is 0 Å². The molecule has 18 heavy (non-hydrogen) atoms. The third kappa shape index (κ3) is 2.72. The molecule has 1 fully saturated rings. The van der Waals surface area contributed by atoms with Gasteiger partial charge < -0.3 is 15.2 Å². The molecule has 1 rings (SSSR count). The van der Waals surface area contributed by atoms with E-state index in [9.17, 15) is 0 Å². The normalized spacial score (nSPS) is 30.0. The first-order valence-corrected chi connectivity index (χ1v) is 6.89. The molecule has 0 aliphatic carbocycles. The molecule has 1 heterocycles. The van der Waals surface area contributed by atoms with E-state index < -0.39 is 0 Å². The molecule has 4 heteroatoms. The molecule has 0 radical (unpaired) electrons. The molecule has 1 atom stereocenters. The summed E-state index contributed by atoms with van der Waals surface area (Å²) in [4.78, 5) is 2.42. The van der Waals surface area contributed by atoms with Crippen LogP contribution in [0.15, 0.2) is 0 Å². The first kappa shape index (κ1) is 15.9. The number of methoxy groups -OCH3 is 1. The van der Waals surface area contributed by atoms with Crippen LogP contribution >= 0.6 is 0 Å². The van der Waals surface area contributed by atoms with Crippen molar-refractivity contribution in [3.8, 4) is 0 Å². The lowest BCUT2D eigenvalue weighted by Gasteiger charge is -2.47. The van der Waals surface area contributed by atoms with Crippen LogP contribution in [0.3, 0.4) is 0 Å². The molecule has 0 bridgehead atoms. The molecular weight excluding hydrogens is 228 g/mol. The van der Waals surface area contributed by atoms with E-state index in [1.807, 2.05) is 0 Å². The summed E-state index contributed by atoms with van der Waals surface area (Å²) in [6, 6.07) is 0. The summed E-state index contributed by atoms with van der Waals surface area (Å²) in [6.45, 7) is 14.0. The Morgan fingerprint density at radius 1 is 1.28 bits per heavy atom. The van der Waals surface area contributed by atoms with Gasteiger partial charge in [-0.1, -0.05) is 6.92 Å². The summed E-state index contributed by atoms with van der Waals surface area (Å²) >= 11 is 0. The maximum absolute atomic E-state index is 6.24. The smallest absolute Gasteiger partial charge is 0.0830 e. The van der Waals surface area contributed by atoms with Crippen molar-refractivity contribution in [1.82, 2.24) is 4.90 Å². The molecule has 0 aromatic carbocycles. The highest BCUT2D eigenvalue weighted by molar-refractivity contribution is 5.13. The van der Waals surface area contributed by atoms with Gasteiger partial charge in [0, 0.05) is 20.2 Å². The molecule has 0 spiro atoms. The quantitative estimate of drug-likeness (QED) is 0.786. The molecule has 1 aliphatic heterocycles. The van der Waals surface area contributed by atoms with Crippen molar-refractivity contribution in [3.05, 3.63) is 0 Å². The fourth-order valence-electron chi connectivity index (χ4n) is 3.55. The van der Waals surface area contributed by atoms with E-state index in [1.165, 1.54) is 0 Å². The second kappa shape index (κ2) is 5.45. The Labute approximate surface area is 112 Å². The number of nitrogens with zero attached hydrogens (tertiary/aromatic N) is 1. The number of ether oxygens (including phenoxy) is 2. The molecule has 0 aromatic rings. The molecular formula is C14H30N2O2. The van der Waals surface area contributed by atoms with Crippen LogP contribution in [0.2, 0.25) is 0 Å². The molecule has 0 aromatic heterocycles. The standard InChI is InChI=1S/C14H30N2O2/c1-7-16(8-9-17-6)14(11-15)10-12(2,3)18-13(14,4)5/h7-11,15H2,1-6H3. The Morgan fingerprint density at radius 2 is 1.89 bits per heavy atom. The zero-order valence-corrected chi connectivity index (χ0v) is 12.9. The first-order chi connectivity index (χ1) is 8.24. The van der Waals surface area contributed by atoms with E-state index in [4.69, 9.17) is 15.2 Å². The third-order valence-corrected chi connectivity index (χ3v) is 4.26. The monoisotopic (exact) mass is 258 g/mol. The molecule has 2 N–H and O–H groups in total. The van der Waals surface area contributed by atoms with E-state index >= 15 is 0 Å². The van der Waals surface area contributed by atoms with Crippen molar-refractivity contribution in [2.24, 2.45) is 5.73 Å². The van der Waals surface area contributed by atoms with E-state index in [1.54, 1.807) is 7.11 Å². The van der Waals surface area contributed by atoms with Gasteiger partial charge in [0.05, 0.1) is 23.3 Å². The van der Waals surface area contributed by atoms with Gasteiger partial charge in [-0.05, 0) is 40.7 Å². The second-order valence-electron chi connectivity index (χ2n) is 6.36. The average Bonchev–Trinajstić information content (AvgIpc) is 2.45. The van der Waals surface area contributed by atoms with E-state index in [-0.39, 0.29) is 16.7 Å². The van der Waals surface area contributed by atoms with E-state index in [0.717, 1.165) is 26.1 Å². The Morgan fingerprint density at radius 3 is 2.22 bits per heavy atom. The van der Waals surface area contributed by atoms with Crippen LogP contribution in [-0.4, -0.2) is 55.0 Å². The lowest BCUT2D eigenvalue weighted by molar-refractivity contribution is -0.105. The summed E-state index contributed by atoms with van der Waals surface area (Å²) in [7, 11) is 1.74. The summed E-state index contributed by atoms with van der Waals surface area (Å²) in [5, 5.41) is 0. The number of hydrogen-bond donors (Lipinski definition) is 1. The van der Waals surface area contributed by atoms with Gasteiger partial charge in [-0.3, -0.25) is 4.90 Å². The van der Waals surface area contributed by atoms with Crippen LogP contribution in [-0.2, 0) is 9.47 Å². The summed E-state index contributed by atoms with van der Waals surface area (Å²) in [5.74, 6) is 0. The Bertz CT molecular complexity index is 279. The van der Waals surface area contributed by atoms with Crippen molar-refractivity contribution >= 4 is 0 Å². The molecule has 1 saturated heterocycles. The van der Waals surface area contributed by atoms with Crippen LogP contribution in [0, 0.1) is 0 Å². The van der Waals surface area contributed by atoms with Crippen molar-refractivity contribution in [2.75, 3.05) is 33.4 Å². The lowest BCUT2D eigenvalue weighted by atomic mass is 9.77.